The van der Waals surface area contributed by atoms with Gasteiger partial charge < -0.3 is 10.1 Å². The molecule has 1 aliphatic rings. The molecule has 3 aromatic rings. The summed E-state index contributed by atoms with van der Waals surface area (Å²) in [5.74, 6) is -0.690. The molecule has 0 radical (unpaired) electrons. The zero-order valence-corrected chi connectivity index (χ0v) is 15.5. The second-order valence-corrected chi connectivity index (χ2v) is 6.96. The van der Waals surface area contributed by atoms with Crippen LogP contribution in [0.25, 0.3) is 16.6 Å². The van der Waals surface area contributed by atoms with Crippen LogP contribution in [0.15, 0.2) is 35.5 Å². The maximum Gasteiger partial charge on any atom is 0.345 e. The Morgan fingerprint density at radius 3 is 2.71 bits per heavy atom. The van der Waals surface area contributed by atoms with Crippen molar-refractivity contribution >= 4 is 34.1 Å². The van der Waals surface area contributed by atoms with E-state index in [1.165, 1.54) is 30.5 Å². The van der Waals surface area contributed by atoms with Crippen molar-refractivity contribution in [2.24, 2.45) is 5.92 Å². The molecule has 0 unspecified atom stereocenters. The molecule has 0 saturated heterocycles. The SMILES string of the molecule is COC(=O)c1cnc2c3cc(NC(=O)C4CCCCC4)ccc3ncn2c1=O. The first-order valence-electron chi connectivity index (χ1n) is 9.28. The van der Waals surface area contributed by atoms with Crippen LogP contribution in [0.1, 0.15) is 42.5 Å². The molecule has 2 aromatic heterocycles. The lowest BCUT2D eigenvalue weighted by Crippen LogP contribution is -2.25. The molecule has 1 amide bonds. The van der Waals surface area contributed by atoms with E-state index in [1.54, 1.807) is 18.2 Å². The number of carbonyl (C=O) groups is 2. The zero-order valence-electron chi connectivity index (χ0n) is 15.5. The number of carbonyl (C=O) groups excluding carboxylic acids is 2. The Morgan fingerprint density at radius 2 is 1.96 bits per heavy atom. The number of hydrogen-bond acceptors (Lipinski definition) is 6. The van der Waals surface area contributed by atoms with Gasteiger partial charge in [0, 0.05) is 23.2 Å². The molecule has 2 heterocycles. The topological polar surface area (TPSA) is 103 Å². The smallest absolute Gasteiger partial charge is 0.345 e. The molecule has 0 atom stereocenters. The van der Waals surface area contributed by atoms with Gasteiger partial charge in [0.05, 0.1) is 12.6 Å². The predicted molar refractivity (Wildman–Crippen MR) is 103 cm³/mol. The fourth-order valence-corrected chi connectivity index (χ4v) is 3.66. The number of esters is 1. The summed E-state index contributed by atoms with van der Waals surface area (Å²) >= 11 is 0. The minimum absolute atomic E-state index is 0.0188. The van der Waals surface area contributed by atoms with Gasteiger partial charge in [0.2, 0.25) is 5.91 Å². The number of anilines is 1. The molecule has 4 rings (SSSR count). The highest BCUT2D eigenvalue weighted by atomic mass is 16.5. The van der Waals surface area contributed by atoms with E-state index in [0.29, 0.717) is 22.2 Å². The summed E-state index contributed by atoms with van der Waals surface area (Å²) < 4.78 is 5.82. The molecular formula is C20H20N4O4. The summed E-state index contributed by atoms with van der Waals surface area (Å²) in [6, 6.07) is 5.31. The van der Waals surface area contributed by atoms with Gasteiger partial charge in [-0.3, -0.25) is 9.59 Å². The summed E-state index contributed by atoms with van der Waals surface area (Å²) in [7, 11) is 1.20. The minimum Gasteiger partial charge on any atom is -0.465 e. The van der Waals surface area contributed by atoms with Gasteiger partial charge in [-0.15, -0.1) is 0 Å². The summed E-state index contributed by atoms with van der Waals surface area (Å²) in [4.78, 5) is 45.3. The standard InChI is InChI=1S/C20H20N4O4/c1-28-20(27)15-10-21-17-14-9-13(23-18(25)12-5-3-2-4-6-12)7-8-16(14)22-11-24(17)19(15)26/h7-12H,2-6H2,1H3,(H,23,25). The van der Waals surface area contributed by atoms with Crippen molar-refractivity contribution in [3.63, 3.8) is 0 Å². The Morgan fingerprint density at radius 1 is 1.18 bits per heavy atom. The first kappa shape index (κ1) is 18.1. The lowest BCUT2D eigenvalue weighted by Gasteiger charge is -2.20. The average Bonchev–Trinajstić information content (AvgIpc) is 2.74. The van der Waals surface area contributed by atoms with Crippen LogP contribution in [0.3, 0.4) is 0 Å². The van der Waals surface area contributed by atoms with Crippen molar-refractivity contribution in [3.05, 3.63) is 46.6 Å². The van der Waals surface area contributed by atoms with Gasteiger partial charge in [-0.1, -0.05) is 19.3 Å². The molecule has 0 bridgehead atoms. The van der Waals surface area contributed by atoms with E-state index < -0.39 is 11.5 Å². The van der Waals surface area contributed by atoms with E-state index in [0.717, 1.165) is 25.7 Å². The van der Waals surface area contributed by atoms with Crippen molar-refractivity contribution in [1.29, 1.82) is 0 Å². The molecule has 8 nitrogen and oxygen atoms in total. The number of hydrogen-bond donors (Lipinski definition) is 1. The monoisotopic (exact) mass is 380 g/mol. The molecule has 1 saturated carbocycles. The molecule has 1 N–H and O–H groups in total. The molecule has 0 spiro atoms. The Labute approximate surface area is 160 Å². The lowest BCUT2D eigenvalue weighted by atomic mass is 9.88. The Hall–Kier alpha value is -3.29. The molecule has 1 aromatic carbocycles. The third-order valence-electron chi connectivity index (χ3n) is 5.19. The van der Waals surface area contributed by atoms with E-state index in [1.807, 2.05) is 0 Å². The van der Waals surface area contributed by atoms with E-state index in [4.69, 9.17) is 0 Å². The number of amides is 1. The van der Waals surface area contributed by atoms with Gasteiger partial charge in [0.15, 0.2) is 0 Å². The summed E-state index contributed by atoms with van der Waals surface area (Å²) in [6.07, 6.45) is 7.72. The highest BCUT2D eigenvalue weighted by molar-refractivity contribution is 5.98. The van der Waals surface area contributed by atoms with Crippen LogP contribution >= 0.6 is 0 Å². The van der Waals surface area contributed by atoms with Gasteiger partial charge in [-0.2, -0.15) is 0 Å². The first-order valence-corrected chi connectivity index (χ1v) is 9.28. The van der Waals surface area contributed by atoms with Gasteiger partial charge in [0.1, 0.15) is 17.5 Å². The fourth-order valence-electron chi connectivity index (χ4n) is 3.66. The average molecular weight is 380 g/mol. The van der Waals surface area contributed by atoms with Crippen LogP contribution in [0.5, 0.6) is 0 Å². The largest absolute Gasteiger partial charge is 0.465 e. The molecule has 8 heteroatoms. The molecule has 1 aliphatic carbocycles. The van der Waals surface area contributed by atoms with E-state index in [9.17, 15) is 14.4 Å². The maximum absolute atomic E-state index is 12.6. The van der Waals surface area contributed by atoms with Gasteiger partial charge in [-0.25, -0.2) is 19.2 Å². The Kier molecular flexibility index (Phi) is 4.77. The third-order valence-corrected chi connectivity index (χ3v) is 5.19. The summed E-state index contributed by atoms with van der Waals surface area (Å²) in [6.45, 7) is 0. The number of nitrogens with zero attached hydrogens (tertiary/aromatic N) is 3. The predicted octanol–water partition coefficient (Wildman–Crippen LogP) is 2.55. The van der Waals surface area contributed by atoms with Crippen molar-refractivity contribution in [3.8, 4) is 0 Å². The van der Waals surface area contributed by atoms with E-state index in [-0.39, 0.29) is 17.4 Å². The van der Waals surface area contributed by atoms with Crippen molar-refractivity contribution in [2.75, 3.05) is 12.4 Å². The number of rotatable bonds is 3. The van der Waals surface area contributed by atoms with E-state index >= 15 is 0 Å². The second kappa shape index (κ2) is 7.38. The van der Waals surface area contributed by atoms with Crippen molar-refractivity contribution in [1.82, 2.24) is 14.4 Å². The van der Waals surface area contributed by atoms with E-state index in [2.05, 4.69) is 20.0 Å². The van der Waals surface area contributed by atoms with Crippen LogP contribution in [-0.2, 0) is 9.53 Å². The third kappa shape index (κ3) is 3.21. The maximum atomic E-state index is 12.6. The Bertz CT molecular complexity index is 1130. The van der Waals surface area contributed by atoms with Crippen molar-refractivity contribution in [2.45, 2.75) is 32.1 Å². The summed E-state index contributed by atoms with van der Waals surface area (Å²) in [5, 5.41) is 3.57. The van der Waals surface area contributed by atoms with Gasteiger partial charge >= 0.3 is 5.97 Å². The van der Waals surface area contributed by atoms with Crippen LogP contribution < -0.4 is 10.9 Å². The number of benzene rings is 1. The molecular weight excluding hydrogens is 360 g/mol. The number of nitrogens with one attached hydrogen (secondary N) is 1. The Balaban J connectivity index is 1.74. The minimum atomic E-state index is -0.750. The fraction of sp³-hybridized carbons (Fsp3) is 0.350. The molecule has 28 heavy (non-hydrogen) atoms. The molecule has 1 fully saturated rings. The van der Waals surface area contributed by atoms with Crippen LogP contribution in [-0.4, -0.2) is 33.4 Å². The number of aromatic nitrogens is 3. The van der Waals surface area contributed by atoms with Crippen LogP contribution in [0.4, 0.5) is 5.69 Å². The second-order valence-electron chi connectivity index (χ2n) is 6.96. The van der Waals surface area contributed by atoms with Crippen molar-refractivity contribution < 1.29 is 14.3 Å². The summed E-state index contributed by atoms with van der Waals surface area (Å²) in [5.41, 5.74) is 0.903. The molecule has 144 valence electrons. The molecule has 0 aliphatic heterocycles. The number of fused-ring (bicyclic) bond motifs is 3. The van der Waals surface area contributed by atoms with Gasteiger partial charge in [0.25, 0.3) is 5.56 Å². The number of methoxy groups -OCH3 is 1. The quantitative estimate of drug-likeness (QED) is 0.553. The number of ether oxygens (including phenoxy) is 1. The van der Waals surface area contributed by atoms with Gasteiger partial charge in [-0.05, 0) is 31.0 Å². The zero-order chi connectivity index (χ0) is 19.7. The van der Waals surface area contributed by atoms with Crippen LogP contribution in [0.2, 0.25) is 0 Å². The highest BCUT2D eigenvalue weighted by Gasteiger charge is 2.21. The lowest BCUT2D eigenvalue weighted by molar-refractivity contribution is -0.120. The normalized spacial score (nSPS) is 14.9. The van der Waals surface area contributed by atoms with Crippen LogP contribution in [0, 0.1) is 5.92 Å². The highest BCUT2D eigenvalue weighted by Crippen LogP contribution is 2.26. The first-order chi connectivity index (χ1) is 13.6.